The first-order valence-electron chi connectivity index (χ1n) is 8.45. The molecule has 0 fully saturated rings. The Hall–Kier alpha value is -2.20. The average Bonchev–Trinajstić information content (AvgIpc) is 2.54. The zero-order valence-corrected chi connectivity index (χ0v) is 15.4. The minimum atomic E-state index is -0.536. The molecule has 5 heteroatoms. The third kappa shape index (κ3) is 4.67. The van der Waals surface area contributed by atoms with Gasteiger partial charge in [-0.25, -0.2) is 0 Å². The molecule has 0 saturated carbocycles. The number of carbonyl (C=O) groups excluding carboxylic acids is 1. The number of amides is 1. The van der Waals surface area contributed by atoms with E-state index in [1.165, 1.54) is 11.1 Å². The molecule has 25 heavy (non-hydrogen) atoms. The molecule has 2 unspecified atom stereocenters. The van der Waals surface area contributed by atoms with Crippen LogP contribution in [0.4, 0.5) is 5.69 Å². The fraction of sp³-hybridized carbons (Fsp3) is 0.350. The molecule has 1 amide bonds. The van der Waals surface area contributed by atoms with Crippen LogP contribution in [0.5, 0.6) is 5.75 Å². The third-order valence-electron chi connectivity index (χ3n) is 4.47. The molecule has 3 rings (SSSR count). The average molecular weight is 361 g/mol. The number of nitrogens with two attached hydrogens (primary N) is 1. The Morgan fingerprint density at radius 1 is 1.28 bits per heavy atom. The van der Waals surface area contributed by atoms with E-state index in [2.05, 4.69) is 5.32 Å². The maximum absolute atomic E-state index is 12.5. The second-order valence-corrected chi connectivity index (χ2v) is 6.49. The van der Waals surface area contributed by atoms with E-state index in [9.17, 15) is 4.79 Å². The summed E-state index contributed by atoms with van der Waals surface area (Å²) in [6.45, 7) is 3.78. The maximum Gasteiger partial charge on any atom is 0.261 e. The predicted octanol–water partition coefficient (Wildman–Crippen LogP) is 3.96. The van der Waals surface area contributed by atoms with Gasteiger partial charge in [0.2, 0.25) is 0 Å². The number of carbonyl (C=O) groups is 1. The highest BCUT2D eigenvalue weighted by Gasteiger charge is 2.24. The van der Waals surface area contributed by atoms with E-state index in [0.717, 1.165) is 36.3 Å². The normalized spacial score (nSPS) is 17.0. The van der Waals surface area contributed by atoms with Crippen molar-refractivity contribution in [1.29, 1.82) is 0 Å². The number of benzene rings is 2. The van der Waals surface area contributed by atoms with Gasteiger partial charge in [0.1, 0.15) is 5.75 Å². The molecule has 0 aliphatic heterocycles. The Labute approximate surface area is 155 Å². The van der Waals surface area contributed by atoms with E-state index >= 15 is 0 Å². The molecule has 0 heterocycles. The number of fused-ring (bicyclic) bond motifs is 1. The Morgan fingerprint density at radius 2 is 2.08 bits per heavy atom. The lowest BCUT2D eigenvalue weighted by molar-refractivity contribution is -0.128. The van der Waals surface area contributed by atoms with Gasteiger partial charge in [-0.2, -0.15) is 0 Å². The van der Waals surface area contributed by atoms with E-state index in [0.29, 0.717) is 0 Å². The van der Waals surface area contributed by atoms with Crippen LogP contribution < -0.4 is 15.8 Å². The summed E-state index contributed by atoms with van der Waals surface area (Å²) in [5.41, 5.74) is 10.2. The van der Waals surface area contributed by atoms with Gasteiger partial charge in [0.25, 0.3) is 5.91 Å². The van der Waals surface area contributed by atoms with Crippen molar-refractivity contribution in [2.24, 2.45) is 0 Å². The second-order valence-electron chi connectivity index (χ2n) is 6.49. The van der Waals surface area contributed by atoms with Gasteiger partial charge >= 0.3 is 0 Å². The van der Waals surface area contributed by atoms with E-state index in [-0.39, 0.29) is 24.4 Å². The Morgan fingerprint density at radius 3 is 2.84 bits per heavy atom. The molecular weight excluding hydrogens is 336 g/mol. The first-order valence-corrected chi connectivity index (χ1v) is 8.45. The number of hydrogen-bond acceptors (Lipinski definition) is 3. The highest BCUT2D eigenvalue weighted by atomic mass is 35.5. The van der Waals surface area contributed by atoms with Crippen molar-refractivity contribution in [1.82, 2.24) is 5.32 Å². The number of rotatable bonds is 4. The predicted molar refractivity (Wildman–Crippen MR) is 103 cm³/mol. The fourth-order valence-electron chi connectivity index (χ4n) is 3.22. The van der Waals surface area contributed by atoms with Gasteiger partial charge in [0, 0.05) is 5.69 Å². The van der Waals surface area contributed by atoms with Crippen molar-refractivity contribution in [3.63, 3.8) is 0 Å². The van der Waals surface area contributed by atoms with E-state index in [1.807, 2.05) is 49.4 Å². The first kappa shape index (κ1) is 19.1. The lowest BCUT2D eigenvalue weighted by Crippen LogP contribution is -2.39. The number of halogens is 1. The summed E-state index contributed by atoms with van der Waals surface area (Å²) in [6, 6.07) is 13.7. The zero-order valence-electron chi connectivity index (χ0n) is 14.6. The van der Waals surface area contributed by atoms with Gasteiger partial charge in [-0.1, -0.05) is 18.2 Å². The SMILES string of the molecule is Cc1cccc(OC(C)C(=O)NC2CCCc3cc(N)ccc32)c1.Cl. The molecule has 0 spiro atoms. The minimum Gasteiger partial charge on any atom is -0.481 e. The van der Waals surface area contributed by atoms with Crippen molar-refractivity contribution in [2.45, 2.75) is 45.3 Å². The van der Waals surface area contributed by atoms with Crippen LogP contribution in [-0.4, -0.2) is 12.0 Å². The van der Waals surface area contributed by atoms with Crippen LogP contribution in [0.25, 0.3) is 0 Å². The summed E-state index contributed by atoms with van der Waals surface area (Å²) < 4.78 is 5.77. The summed E-state index contributed by atoms with van der Waals surface area (Å²) in [5.74, 6) is 0.626. The first-order chi connectivity index (χ1) is 11.5. The Kier molecular flexibility index (Phi) is 6.32. The van der Waals surface area contributed by atoms with Gasteiger partial charge in [0.15, 0.2) is 6.10 Å². The Balaban J connectivity index is 0.00000225. The maximum atomic E-state index is 12.5. The molecule has 1 aliphatic rings. The van der Waals surface area contributed by atoms with E-state index in [1.54, 1.807) is 6.92 Å². The van der Waals surface area contributed by atoms with E-state index < -0.39 is 6.10 Å². The topological polar surface area (TPSA) is 64.3 Å². The van der Waals surface area contributed by atoms with Crippen molar-refractivity contribution in [3.8, 4) is 5.75 Å². The molecule has 4 nitrogen and oxygen atoms in total. The van der Waals surface area contributed by atoms with Gasteiger partial charge in [-0.15, -0.1) is 12.4 Å². The summed E-state index contributed by atoms with van der Waals surface area (Å²) in [5, 5.41) is 3.12. The lowest BCUT2D eigenvalue weighted by atomic mass is 9.87. The highest BCUT2D eigenvalue weighted by molar-refractivity contribution is 5.85. The number of anilines is 1. The van der Waals surface area contributed by atoms with Crippen LogP contribution in [0.1, 0.15) is 42.5 Å². The molecular formula is C20H25ClN2O2. The zero-order chi connectivity index (χ0) is 17.1. The summed E-state index contributed by atoms with van der Waals surface area (Å²) >= 11 is 0. The molecule has 2 aromatic carbocycles. The number of hydrogen-bond donors (Lipinski definition) is 2. The van der Waals surface area contributed by atoms with Gasteiger partial charge < -0.3 is 15.8 Å². The van der Waals surface area contributed by atoms with Crippen LogP contribution in [0.15, 0.2) is 42.5 Å². The van der Waals surface area contributed by atoms with Gasteiger partial charge in [-0.05, 0) is 74.1 Å². The molecule has 0 aromatic heterocycles. The number of nitrogen functional groups attached to an aromatic ring is 1. The molecule has 2 atom stereocenters. The molecule has 2 aromatic rings. The van der Waals surface area contributed by atoms with Crippen molar-refractivity contribution < 1.29 is 9.53 Å². The largest absolute Gasteiger partial charge is 0.481 e. The highest BCUT2D eigenvalue weighted by Crippen LogP contribution is 2.31. The molecule has 0 saturated heterocycles. The lowest BCUT2D eigenvalue weighted by Gasteiger charge is -2.28. The van der Waals surface area contributed by atoms with Crippen molar-refractivity contribution >= 4 is 24.0 Å². The molecule has 0 bridgehead atoms. The molecule has 1 aliphatic carbocycles. The smallest absolute Gasteiger partial charge is 0.261 e. The van der Waals surface area contributed by atoms with Gasteiger partial charge in [-0.3, -0.25) is 4.79 Å². The van der Waals surface area contributed by atoms with Crippen LogP contribution in [0.2, 0.25) is 0 Å². The summed E-state index contributed by atoms with van der Waals surface area (Å²) in [4.78, 5) is 12.5. The summed E-state index contributed by atoms with van der Waals surface area (Å²) in [6.07, 6.45) is 2.47. The number of nitrogens with one attached hydrogen (secondary N) is 1. The van der Waals surface area contributed by atoms with Crippen molar-refractivity contribution in [3.05, 3.63) is 59.2 Å². The Bertz CT molecular complexity index is 748. The van der Waals surface area contributed by atoms with Crippen LogP contribution in [0, 0.1) is 6.92 Å². The number of ether oxygens (including phenoxy) is 1. The monoisotopic (exact) mass is 360 g/mol. The van der Waals surface area contributed by atoms with Crippen LogP contribution >= 0.6 is 12.4 Å². The fourth-order valence-corrected chi connectivity index (χ4v) is 3.22. The van der Waals surface area contributed by atoms with Crippen LogP contribution in [-0.2, 0) is 11.2 Å². The quantitative estimate of drug-likeness (QED) is 0.811. The second kappa shape index (κ2) is 8.26. The minimum absolute atomic E-state index is 0. The molecule has 134 valence electrons. The molecule has 3 N–H and O–H groups in total. The summed E-state index contributed by atoms with van der Waals surface area (Å²) in [7, 11) is 0. The standard InChI is InChI=1S/C20H24N2O2.ClH/c1-13-5-3-7-17(11-13)24-14(2)20(23)22-19-8-4-6-15-12-16(21)9-10-18(15)19;/h3,5,7,9-12,14,19H,4,6,8,21H2,1-2H3,(H,22,23);1H. The molecule has 0 radical (unpaired) electrons. The number of aryl methyl sites for hydroxylation is 2. The van der Waals surface area contributed by atoms with Crippen molar-refractivity contribution in [2.75, 3.05) is 5.73 Å². The van der Waals surface area contributed by atoms with E-state index in [4.69, 9.17) is 10.5 Å². The third-order valence-corrected chi connectivity index (χ3v) is 4.47. The van der Waals surface area contributed by atoms with Crippen LogP contribution in [0.3, 0.4) is 0 Å². The van der Waals surface area contributed by atoms with Gasteiger partial charge in [0.05, 0.1) is 6.04 Å².